The summed E-state index contributed by atoms with van der Waals surface area (Å²) in [5.41, 5.74) is 1.02. The molecule has 19 heavy (non-hydrogen) atoms. The van der Waals surface area contributed by atoms with Gasteiger partial charge in [0.15, 0.2) is 0 Å². The summed E-state index contributed by atoms with van der Waals surface area (Å²) in [5, 5.41) is 19.5. The minimum atomic E-state index is -1.34. The summed E-state index contributed by atoms with van der Waals surface area (Å²) >= 11 is 1.27. The van der Waals surface area contributed by atoms with Crippen LogP contribution in [-0.2, 0) is 16.6 Å². The van der Waals surface area contributed by atoms with Crippen molar-refractivity contribution in [1.29, 1.82) is 0 Å². The maximum absolute atomic E-state index is 11.8. The van der Waals surface area contributed by atoms with Crippen LogP contribution in [0, 0.1) is 0 Å². The number of β-lactam (4-membered cyclic amide) rings is 1. The van der Waals surface area contributed by atoms with Gasteiger partial charge >= 0.3 is 51.4 Å². The SMILES string of the molecule is Cn1cc(/C=C2/C(=O)N3C(C(=O)[O-])=CS[C@H]23)nn1.[K+]. The van der Waals surface area contributed by atoms with Gasteiger partial charge in [0.2, 0.25) is 0 Å². The van der Waals surface area contributed by atoms with Crippen LogP contribution in [0.1, 0.15) is 5.69 Å². The average molecular weight is 302 g/mol. The van der Waals surface area contributed by atoms with Crippen molar-refractivity contribution in [2.24, 2.45) is 7.05 Å². The molecule has 3 heterocycles. The molecule has 0 saturated carbocycles. The zero-order valence-corrected chi connectivity index (χ0v) is 14.2. The van der Waals surface area contributed by atoms with Gasteiger partial charge in [-0.2, -0.15) is 0 Å². The van der Waals surface area contributed by atoms with Crippen molar-refractivity contribution in [3.8, 4) is 0 Å². The monoisotopic (exact) mass is 302 g/mol. The third-order valence-electron chi connectivity index (χ3n) is 2.67. The molecule has 0 aliphatic carbocycles. The largest absolute Gasteiger partial charge is 1.00 e. The minimum absolute atomic E-state index is 0. The van der Waals surface area contributed by atoms with Crippen LogP contribution in [0.25, 0.3) is 6.08 Å². The molecule has 2 aliphatic heterocycles. The van der Waals surface area contributed by atoms with E-state index in [9.17, 15) is 14.7 Å². The number of rotatable bonds is 2. The van der Waals surface area contributed by atoms with Crippen LogP contribution in [0.3, 0.4) is 0 Å². The standard InChI is InChI=1S/C10H8N4O3S.K/c1-13-3-5(11-12-13)2-6-8(15)14-7(10(16)17)4-18-9(6)14;/h2-4,9H,1H3,(H,16,17);/q;+1/p-1/b6-2-;/t9-;/m1./s1. The number of carboxylic acid groups (broad SMARTS) is 1. The third kappa shape index (κ3) is 2.46. The van der Waals surface area contributed by atoms with Crippen molar-refractivity contribution in [3.63, 3.8) is 0 Å². The molecule has 0 spiro atoms. The van der Waals surface area contributed by atoms with Crippen LogP contribution < -0.4 is 56.5 Å². The normalized spacial score (nSPS) is 22.7. The number of aromatic nitrogens is 3. The Kier molecular flexibility index (Phi) is 4.33. The van der Waals surface area contributed by atoms with Gasteiger partial charge in [0.25, 0.3) is 5.91 Å². The Balaban J connectivity index is 0.00000133. The van der Waals surface area contributed by atoms with Gasteiger partial charge in [-0.15, -0.1) is 16.9 Å². The van der Waals surface area contributed by atoms with E-state index in [4.69, 9.17) is 0 Å². The number of aliphatic carboxylic acids is 1. The molecule has 7 nitrogen and oxygen atoms in total. The molecule has 0 unspecified atom stereocenters. The van der Waals surface area contributed by atoms with Crippen LogP contribution in [-0.4, -0.2) is 37.1 Å². The summed E-state index contributed by atoms with van der Waals surface area (Å²) in [4.78, 5) is 23.8. The number of carbonyl (C=O) groups excluding carboxylic acids is 2. The molecular formula is C10H7KN4O3S. The molecule has 2 aliphatic rings. The Bertz CT molecular complexity index is 624. The van der Waals surface area contributed by atoms with Crippen molar-refractivity contribution in [2.75, 3.05) is 0 Å². The molecule has 1 fully saturated rings. The molecular weight excluding hydrogens is 295 g/mol. The van der Waals surface area contributed by atoms with Crippen LogP contribution in [0.4, 0.5) is 0 Å². The number of hydrogen-bond acceptors (Lipinski definition) is 6. The first-order chi connectivity index (χ1) is 8.58. The maximum Gasteiger partial charge on any atom is 1.00 e. The molecule has 1 aromatic heterocycles. The summed E-state index contributed by atoms with van der Waals surface area (Å²) in [6.07, 6.45) is 3.30. The number of amides is 1. The summed E-state index contributed by atoms with van der Waals surface area (Å²) < 4.78 is 1.53. The van der Waals surface area contributed by atoms with Gasteiger partial charge in [0.05, 0.1) is 23.4 Å². The summed E-state index contributed by atoms with van der Waals surface area (Å²) in [6.45, 7) is 0. The van der Waals surface area contributed by atoms with Crippen molar-refractivity contribution in [2.45, 2.75) is 5.37 Å². The molecule has 1 saturated heterocycles. The molecule has 0 radical (unpaired) electrons. The molecule has 92 valence electrons. The van der Waals surface area contributed by atoms with Crippen molar-refractivity contribution < 1.29 is 66.1 Å². The third-order valence-corrected chi connectivity index (χ3v) is 3.75. The van der Waals surface area contributed by atoms with Crippen LogP contribution in [0.2, 0.25) is 0 Å². The second-order valence-corrected chi connectivity index (χ2v) is 4.83. The van der Waals surface area contributed by atoms with E-state index in [2.05, 4.69) is 10.3 Å². The fraction of sp³-hybridized carbons (Fsp3) is 0.200. The van der Waals surface area contributed by atoms with E-state index in [1.54, 1.807) is 19.3 Å². The van der Waals surface area contributed by atoms with E-state index in [1.165, 1.54) is 26.8 Å². The zero-order chi connectivity index (χ0) is 12.9. The Morgan fingerprint density at radius 2 is 2.32 bits per heavy atom. The van der Waals surface area contributed by atoms with Crippen LogP contribution >= 0.6 is 11.8 Å². The molecule has 1 atom stereocenters. The predicted molar refractivity (Wildman–Crippen MR) is 60.3 cm³/mol. The van der Waals surface area contributed by atoms with Crippen molar-refractivity contribution >= 4 is 29.7 Å². The first kappa shape index (κ1) is 14.9. The summed E-state index contributed by atoms with van der Waals surface area (Å²) in [5.74, 6) is -1.66. The first-order valence-corrected chi connectivity index (χ1v) is 6.00. The second-order valence-electron chi connectivity index (χ2n) is 3.87. The second kappa shape index (κ2) is 5.50. The summed E-state index contributed by atoms with van der Waals surface area (Å²) in [6, 6.07) is 0. The Morgan fingerprint density at radius 1 is 1.58 bits per heavy atom. The molecule has 0 bridgehead atoms. The smallest absolute Gasteiger partial charge is 0.543 e. The number of hydrogen-bond donors (Lipinski definition) is 0. The molecule has 0 N–H and O–H groups in total. The molecule has 1 aromatic rings. The summed E-state index contributed by atoms with van der Waals surface area (Å²) in [7, 11) is 1.73. The van der Waals surface area contributed by atoms with Crippen molar-refractivity contribution in [3.05, 3.63) is 28.6 Å². The van der Waals surface area contributed by atoms with Gasteiger partial charge in [-0.05, 0) is 11.5 Å². The van der Waals surface area contributed by atoms with Gasteiger partial charge < -0.3 is 9.90 Å². The van der Waals surface area contributed by atoms with Gasteiger partial charge in [0.1, 0.15) is 11.1 Å². The quantitative estimate of drug-likeness (QED) is 0.312. The van der Waals surface area contributed by atoms with E-state index in [1.807, 2.05) is 0 Å². The minimum Gasteiger partial charge on any atom is -0.543 e. The molecule has 3 rings (SSSR count). The van der Waals surface area contributed by atoms with E-state index in [0.29, 0.717) is 11.3 Å². The van der Waals surface area contributed by atoms with E-state index >= 15 is 0 Å². The fourth-order valence-electron chi connectivity index (χ4n) is 1.85. The Labute approximate surface area is 155 Å². The Hall–Kier alpha value is -0.454. The van der Waals surface area contributed by atoms with E-state index in [-0.39, 0.29) is 68.4 Å². The Morgan fingerprint density at radius 3 is 2.89 bits per heavy atom. The molecule has 1 amide bonds. The van der Waals surface area contributed by atoms with Gasteiger partial charge in [0, 0.05) is 7.05 Å². The fourth-order valence-corrected chi connectivity index (χ4v) is 2.96. The zero-order valence-electron chi connectivity index (χ0n) is 10.2. The van der Waals surface area contributed by atoms with E-state index < -0.39 is 5.97 Å². The number of nitrogens with zero attached hydrogens (tertiary/aromatic N) is 4. The van der Waals surface area contributed by atoms with Gasteiger partial charge in [-0.1, -0.05) is 5.21 Å². The van der Waals surface area contributed by atoms with Gasteiger partial charge in [-0.25, -0.2) is 0 Å². The number of carboxylic acids is 1. The van der Waals surface area contributed by atoms with Crippen molar-refractivity contribution in [1.82, 2.24) is 19.9 Å². The van der Waals surface area contributed by atoms with Gasteiger partial charge in [-0.3, -0.25) is 14.4 Å². The van der Waals surface area contributed by atoms with Crippen LogP contribution in [0.5, 0.6) is 0 Å². The first-order valence-electron chi connectivity index (χ1n) is 5.06. The topological polar surface area (TPSA) is 91.2 Å². The van der Waals surface area contributed by atoms with Crippen LogP contribution in [0.15, 0.2) is 22.9 Å². The predicted octanol–water partition coefficient (Wildman–Crippen LogP) is -4.29. The molecule has 9 heteroatoms. The number of carbonyl (C=O) groups is 2. The molecule has 0 aromatic carbocycles. The van der Waals surface area contributed by atoms with E-state index in [0.717, 1.165) is 0 Å². The number of aryl methyl sites for hydroxylation is 1. The maximum atomic E-state index is 11.8. The number of fused-ring (bicyclic) bond motifs is 1. The average Bonchev–Trinajstić information content (AvgIpc) is 2.89. The number of thioether (sulfide) groups is 1.